The normalized spacial score (nSPS) is 10.6. The van der Waals surface area contributed by atoms with Crippen LogP contribution in [0.2, 0.25) is 0 Å². The second-order valence-corrected chi connectivity index (χ2v) is 3.36. The summed E-state index contributed by atoms with van der Waals surface area (Å²) in [6.45, 7) is 1.47. The Hall–Kier alpha value is -2.19. The van der Waals surface area contributed by atoms with E-state index in [1.165, 1.54) is 6.92 Å². The Labute approximate surface area is 105 Å². The van der Waals surface area contributed by atoms with Gasteiger partial charge in [-0.05, 0) is 6.92 Å². The van der Waals surface area contributed by atoms with E-state index >= 15 is 0 Å². The van der Waals surface area contributed by atoms with E-state index in [9.17, 15) is 28.1 Å². The standard InChI is InChI=1S/C10H9F3N2O4/c1-2-19-7(16)3-5-6(11)4-14-8(10(12)13)9(5)15(17)18/h4,10H,2-3H2,1H3. The molecule has 1 heterocycles. The lowest BCUT2D eigenvalue weighted by Crippen LogP contribution is -2.13. The number of rotatable bonds is 5. The number of nitro groups is 1. The van der Waals surface area contributed by atoms with E-state index < -0.39 is 46.5 Å². The molecule has 0 radical (unpaired) electrons. The molecule has 6 nitrogen and oxygen atoms in total. The molecule has 0 amide bonds. The van der Waals surface area contributed by atoms with Crippen molar-refractivity contribution in [3.8, 4) is 0 Å². The van der Waals surface area contributed by atoms with E-state index in [1.807, 2.05) is 0 Å². The number of halogens is 3. The summed E-state index contributed by atoms with van der Waals surface area (Å²) in [5.41, 5.74) is -3.12. The number of alkyl halides is 2. The molecular weight excluding hydrogens is 269 g/mol. The minimum Gasteiger partial charge on any atom is -0.466 e. The third-order valence-corrected chi connectivity index (χ3v) is 2.15. The van der Waals surface area contributed by atoms with Crippen LogP contribution >= 0.6 is 0 Å². The molecule has 0 spiro atoms. The summed E-state index contributed by atoms with van der Waals surface area (Å²) in [6.07, 6.45) is -3.64. The molecular formula is C10H9F3N2O4. The molecule has 0 aromatic carbocycles. The zero-order chi connectivity index (χ0) is 14.6. The number of nitrogens with zero attached hydrogens (tertiary/aromatic N) is 2. The van der Waals surface area contributed by atoms with Crippen LogP contribution < -0.4 is 0 Å². The molecule has 19 heavy (non-hydrogen) atoms. The summed E-state index contributed by atoms with van der Waals surface area (Å²) in [4.78, 5) is 23.8. The highest BCUT2D eigenvalue weighted by Gasteiger charge is 2.31. The highest BCUT2D eigenvalue weighted by atomic mass is 19.3. The average molecular weight is 278 g/mol. The van der Waals surface area contributed by atoms with E-state index in [0.29, 0.717) is 6.20 Å². The first-order chi connectivity index (χ1) is 8.88. The summed E-state index contributed by atoms with van der Waals surface area (Å²) in [6, 6.07) is 0. The molecule has 0 unspecified atom stereocenters. The molecule has 1 aromatic heterocycles. The minimum atomic E-state index is -3.25. The molecule has 1 aromatic rings. The third-order valence-electron chi connectivity index (χ3n) is 2.15. The van der Waals surface area contributed by atoms with Gasteiger partial charge in [-0.3, -0.25) is 14.9 Å². The van der Waals surface area contributed by atoms with Crippen LogP contribution in [0.3, 0.4) is 0 Å². The Morgan fingerprint density at radius 1 is 1.58 bits per heavy atom. The van der Waals surface area contributed by atoms with Gasteiger partial charge in [0.1, 0.15) is 0 Å². The summed E-state index contributed by atoms with van der Waals surface area (Å²) >= 11 is 0. The topological polar surface area (TPSA) is 82.3 Å². The van der Waals surface area contributed by atoms with Crippen LogP contribution in [0.4, 0.5) is 18.9 Å². The number of hydrogen-bond acceptors (Lipinski definition) is 5. The van der Waals surface area contributed by atoms with Crippen LogP contribution in [0.15, 0.2) is 6.20 Å². The van der Waals surface area contributed by atoms with Gasteiger partial charge in [0.05, 0.1) is 29.7 Å². The first kappa shape index (κ1) is 14.9. The summed E-state index contributed by atoms with van der Waals surface area (Å²) in [5, 5.41) is 10.8. The van der Waals surface area contributed by atoms with E-state index in [4.69, 9.17) is 0 Å². The zero-order valence-electron chi connectivity index (χ0n) is 9.73. The van der Waals surface area contributed by atoms with Crippen molar-refractivity contribution in [1.82, 2.24) is 4.98 Å². The van der Waals surface area contributed by atoms with Crippen molar-refractivity contribution in [2.45, 2.75) is 19.8 Å². The number of esters is 1. The van der Waals surface area contributed by atoms with Gasteiger partial charge in [-0.25, -0.2) is 18.2 Å². The maximum Gasteiger partial charge on any atom is 0.310 e. The van der Waals surface area contributed by atoms with Crippen LogP contribution in [0.25, 0.3) is 0 Å². The summed E-state index contributed by atoms with van der Waals surface area (Å²) in [5.74, 6) is -2.15. The van der Waals surface area contributed by atoms with E-state index in [2.05, 4.69) is 9.72 Å². The molecule has 0 N–H and O–H groups in total. The van der Waals surface area contributed by atoms with Gasteiger partial charge in [0, 0.05) is 0 Å². The lowest BCUT2D eigenvalue weighted by atomic mass is 10.1. The Morgan fingerprint density at radius 2 is 2.21 bits per heavy atom. The predicted molar refractivity (Wildman–Crippen MR) is 56.1 cm³/mol. The monoisotopic (exact) mass is 278 g/mol. The zero-order valence-corrected chi connectivity index (χ0v) is 9.73. The van der Waals surface area contributed by atoms with Gasteiger partial charge in [0.15, 0.2) is 11.5 Å². The molecule has 0 saturated carbocycles. The fourth-order valence-electron chi connectivity index (χ4n) is 1.42. The van der Waals surface area contributed by atoms with Gasteiger partial charge >= 0.3 is 11.7 Å². The minimum absolute atomic E-state index is 0.0129. The Bertz CT molecular complexity index is 508. The molecule has 0 aliphatic rings. The molecule has 104 valence electrons. The van der Waals surface area contributed by atoms with Crippen molar-refractivity contribution < 1.29 is 27.6 Å². The third kappa shape index (κ3) is 3.39. The lowest BCUT2D eigenvalue weighted by Gasteiger charge is -2.07. The van der Waals surface area contributed by atoms with Gasteiger partial charge in [-0.15, -0.1) is 0 Å². The fraction of sp³-hybridized carbons (Fsp3) is 0.400. The molecule has 9 heteroatoms. The van der Waals surface area contributed by atoms with Crippen molar-refractivity contribution in [3.63, 3.8) is 0 Å². The van der Waals surface area contributed by atoms with Crippen molar-refractivity contribution in [2.75, 3.05) is 6.61 Å². The van der Waals surface area contributed by atoms with Gasteiger partial charge in [-0.2, -0.15) is 0 Å². The highest BCUT2D eigenvalue weighted by Crippen LogP contribution is 2.31. The SMILES string of the molecule is CCOC(=O)Cc1c(F)cnc(C(F)F)c1[N+](=O)[O-]. The molecule has 0 fully saturated rings. The summed E-state index contributed by atoms with van der Waals surface area (Å²) < 4.78 is 43.1. The number of ether oxygens (including phenoxy) is 1. The number of hydrogen-bond donors (Lipinski definition) is 0. The largest absolute Gasteiger partial charge is 0.466 e. The second-order valence-electron chi connectivity index (χ2n) is 3.36. The van der Waals surface area contributed by atoms with Gasteiger partial charge < -0.3 is 4.74 Å². The van der Waals surface area contributed by atoms with Crippen LogP contribution in [0, 0.1) is 15.9 Å². The van der Waals surface area contributed by atoms with Gasteiger partial charge in [-0.1, -0.05) is 0 Å². The van der Waals surface area contributed by atoms with E-state index in [1.54, 1.807) is 0 Å². The summed E-state index contributed by atoms with van der Waals surface area (Å²) in [7, 11) is 0. The number of carbonyl (C=O) groups excluding carboxylic acids is 1. The molecule has 0 aliphatic carbocycles. The Kier molecular flexibility index (Phi) is 4.79. The number of aromatic nitrogens is 1. The average Bonchev–Trinajstić information content (AvgIpc) is 2.31. The molecule has 0 saturated heterocycles. The van der Waals surface area contributed by atoms with Crippen LogP contribution in [0.1, 0.15) is 24.6 Å². The quantitative estimate of drug-likeness (QED) is 0.468. The van der Waals surface area contributed by atoms with Crippen LogP contribution in [0.5, 0.6) is 0 Å². The van der Waals surface area contributed by atoms with Crippen molar-refractivity contribution in [3.05, 3.63) is 33.4 Å². The van der Waals surface area contributed by atoms with Crippen LogP contribution in [-0.4, -0.2) is 22.5 Å². The second kappa shape index (κ2) is 6.12. The van der Waals surface area contributed by atoms with Gasteiger partial charge in [0.2, 0.25) is 0 Å². The lowest BCUT2D eigenvalue weighted by molar-refractivity contribution is -0.387. The maximum absolute atomic E-state index is 13.4. The first-order valence-corrected chi connectivity index (χ1v) is 5.13. The highest BCUT2D eigenvalue weighted by molar-refractivity contribution is 5.74. The molecule has 0 bridgehead atoms. The van der Waals surface area contributed by atoms with Gasteiger partial charge in [0.25, 0.3) is 6.43 Å². The van der Waals surface area contributed by atoms with Crippen molar-refractivity contribution >= 4 is 11.7 Å². The van der Waals surface area contributed by atoms with Crippen molar-refractivity contribution in [2.24, 2.45) is 0 Å². The molecule has 1 rings (SSSR count). The first-order valence-electron chi connectivity index (χ1n) is 5.13. The van der Waals surface area contributed by atoms with Crippen LogP contribution in [-0.2, 0) is 16.0 Å². The fourth-order valence-corrected chi connectivity index (χ4v) is 1.42. The van der Waals surface area contributed by atoms with Crippen molar-refractivity contribution in [1.29, 1.82) is 0 Å². The molecule has 0 aliphatic heterocycles. The Morgan fingerprint density at radius 3 is 2.68 bits per heavy atom. The number of carbonyl (C=O) groups is 1. The Balaban J connectivity index is 3.31. The van der Waals surface area contributed by atoms with E-state index in [0.717, 1.165) is 0 Å². The number of pyridine rings is 1. The molecule has 0 atom stereocenters. The smallest absolute Gasteiger partial charge is 0.310 e. The van der Waals surface area contributed by atoms with E-state index in [-0.39, 0.29) is 6.61 Å². The maximum atomic E-state index is 13.4. The predicted octanol–water partition coefficient (Wildman–Crippen LogP) is 2.17.